The fourth-order valence-electron chi connectivity index (χ4n) is 2.39. The first kappa shape index (κ1) is 13.5. The first-order valence-electron chi connectivity index (χ1n) is 6.35. The van der Waals surface area contributed by atoms with E-state index in [-0.39, 0.29) is 5.91 Å². The van der Waals surface area contributed by atoms with E-state index in [1.165, 1.54) is 19.4 Å². The molecule has 1 aliphatic rings. The molecule has 1 aliphatic heterocycles. The standard InChI is InChI=1S/C12H25N3O/c1-4-15-8-6-11(9-10(15)2)14-7-5-12(16)13-3/h10-11,14H,4-9H2,1-3H3,(H,13,16). The van der Waals surface area contributed by atoms with Gasteiger partial charge in [-0.3, -0.25) is 4.79 Å². The van der Waals surface area contributed by atoms with Crippen molar-refractivity contribution in [2.45, 2.75) is 45.2 Å². The molecule has 4 heteroatoms. The SMILES string of the molecule is CCN1CCC(NCCC(=O)NC)CC1C. The van der Waals surface area contributed by atoms with Gasteiger partial charge in [0.2, 0.25) is 5.91 Å². The second-order valence-corrected chi connectivity index (χ2v) is 4.58. The van der Waals surface area contributed by atoms with Gasteiger partial charge in [0, 0.05) is 32.1 Å². The van der Waals surface area contributed by atoms with Crippen LogP contribution < -0.4 is 10.6 Å². The van der Waals surface area contributed by atoms with Gasteiger partial charge >= 0.3 is 0 Å². The van der Waals surface area contributed by atoms with Crippen LogP contribution in [0.5, 0.6) is 0 Å². The van der Waals surface area contributed by atoms with Crippen LogP contribution >= 0.6 is 0 Å². The van der Waals surface area contributed by atoms with Gasteiger partial charge in [-0.15, -0.1) is 0 Å². The first-order valence-corrected chi connectivity index (χ1v) is 6.35. The number of likely N-dealkylation sites (tertiary alicyclic amines) is 1. The van der Waals surface area contributed by atoms with Gasteiger partial charge in [-0.2, -0.15) is 0 Å². The van der Waals surface area contributed by atoms with E-state index in [9.17, 15) is 4.79 Å². The van der Waals surface area contributed by atoms with Crippen LogP contribution in [-0.4, -0.2) is 49.6 Å². The van der Waals surface area contributed by atoms with Gasteiger partial charge < -0.3 is 15.5 Å². The maximum atomic E-state index is 11.1. The van der Waals surface area contributed by atoms with Crippen LogP contribution in [0.1, 0.15) is 33.1 Å². The summed E-state index contributed by atoms with van der Waals surface area (Å²) in [7, 11) is 1.68. The number of carbonyl (C=O) groups excluding carboxylic acids is 1. The van der Waals surface area contributed by atoms with Crippen molar-refractivity contribution in [1.82, 2.24) is 15.5 Å². The molecule has 0 spiro atoms. The third-order valence-corrected chi connectivity index (χ3v) is 3.48. The summed E-state index contributed by atoms with van der Waals surface area (Å²) in [5.41, 5.74) is 0. The number of rotatable bonds is 5. The highest BCUT2D eigenvalue weighted by Crippen LogP contribution is 2.16. The van der Waals surface area contributed by atoms with Crippen LogP contribution in [0.4, 0.5) is 0 Å². The number of hydrogen-bond donors (Lipinski definition) is 2. The van der Waals surface area contributed by atoms with E-state index in [0.717, 1.165) is 13.1 Å². The molecule has 1 fully saturated rings. The third-order valence-electron chi connectivity index (χ3n) is 3.48. The van der Waals surface area contributed by atoms with Gasteiger partial charge in [0.1, 0.15) is 0 Å². The topological polar surface area (TPSA) is 44.4 Å². The second-order valence-electron chi connectivity index (χ2n) is 4.58. The van der Waals surface area contributed by atoms with Crippen LogP contribution in [0.3, 0.4) is 0 Å². The molecular formula is C12H25N3O. The molecular weight excluding hydrogens is 202 g/mol. The molecule has 4 nitrogen and oxygen atoms in total. The monoisotopic (exact) mass is 227 g/mol. The Bertz CT molecular complexity index is 220. The van der Waals surface area contributed by atoms with E-state index in [1.807, 2.05) is 0 Å². The van der Waals surface area contributed by atoms with Crippen molar-refractivity contribution in [3.63, 3.8) is 0 Å². The minimum absolute atomic E-state index is 0.117. The highest BCUT2D eigenvalue weighted by atomic mass is 16.1. The number of carbonyl (C=O) groups is 1. The lowest BCUT2D eigenvalue weighted by Crippen LogP contribution is -2.47. The molecule has 16 heavy (non-hydrogen) atoms. The summed E-state index contributed by atoms with van der Waals surface area (Å²) < 4.78 is 0. The Morgan fingerprint density at radius 1 is 1.50 bits per heavy atom. The zero-order chi connectivity index (χ0) is 12.0. The van der Waals surface area contributed by atoms with E-state index in [0.29, 0.717) is 18.5 Å². The van der Waals surface area contributed by atoms with Crippen molar-refractivity contribution in [1.29, 1.82) is 0 Å². The molecule has 0 saturated carbocycles. The average Bonchev–Trinajstić information content (AvgIpc) is 2.29. The van der Waals surface area contributed by atoms with Crippen LogP contribution in [-0.2, 0) is 4.79 Å². The molecule has 0 aromatic heterocycles. The Morgan fingerprint density at radius 2 is 2.25 bits per heavy atom. The van der Waals surface area contributed by atoms with Crippen molar-refractivity contribution in [2.24, 2.45) is 0 Å². The fraction of sp³-hybridized carbons (Fsp3) is 0.917. The largest absolute Gasteiger partial charge is 0.359 e. The average molecular weight is 227 g/mol. The zero-order valence-electron chi connectivity index (χ0n) is 10.8. The summed E-state index contributed by atoms with van der Waals surface area (Å²) in [5.74, 6) is 0.117. The van der Waals surface area contributed by atoms with Crippen LogP contribution in [0.15, 0.2) is 0 Å². The summed E-state index contributed by atoms with van der Waals surface area (Å²) in [6.45, 7) is 7.62. The number of nitrogens with one attached hydrogen (secondary N) is 2. The summed E-state index contributed by atoms with van der Waals surface area (Å²) in [4.78, 5) is 13.6. The Hall–Kier alpha value is -0.610. The molecule has 1 amide bonds. The number of hydrogen-bond acceptors (Lipinski definition) is 3. The Balaban J connectivity index is 2.17. The van der Waals surface area contributed by atoms with Crippen molar-refractivity contribution >= 4 is 5.91 Å². The summed E-state index contributed by atoms with van der Waals surface area (Å²) in [6, 6.07) is 1.25. The Kier molecular flexibility index (Phi) is 5.77. The van der Waals surface area contributed by atoms with Gasteiger partial charge in [-0.25, -0.2) is 0 Å². The van der Waals surface area contributed by atoms with Crippen molar-refractivity contribution in [2.75, 3.05) is 26.7 Å². The van der Waals surface area contributed by atoms with Gasteiger partial charge in [-0.1, -0.05) is 6.92 Å². The molecule has 2 unspecified atom stereocenters. The quantitative estimate of drug-likeness (QED) is 0.722. The number of nitrogens with zero attached hydrogens (tertiary/aromatic N) is 1. The van der Waals surface area contributed by atoms with Gasteiger partial charge in [0.15, 0.2) is 0 Å². The lowest BCUT2D eigenvalue weighted by molar-refractivity contribution is -0.120. The van der Waals surface area contributed by atoms with Crippen LogP contribution in [0.2, 0.25) is 0 Å². The minimum atomic E-state index is 0.117. The minimum Gasteiger partial charge on any atom is -0.359 e. The van der Waals surface area contributed by atoms with Crippen molar-refractivity contribution in [3.8, 4) is 0 Å². The van der Waals surface area contributed by atoms with E-state index >= 15 is 0 Å². The van der Waals surface area contributed by atoms with E-state index in [2.05, 4.69) is 29.4 Å². The Morgan fingerprint density at radius 3 is 2.81 bits per heavy atom. The highest BCUT2D eigenvalue weighted by Gasteiger charge is 2.23. The predicted octanol–water partition coefficient (Wildman–Crippen LogP) is 0.585. The molecule has 2 N–H and O–H groups in total. The molecule has 0 aliphatic carbocycles. The lowest BCUT2D eigenvalue weighted by atomic mass is 9.98. The van der Waals surface area contributed by atoms with Gasteiger partial charge in [0.25, 0.3) is 0 Å². The second kappa shape index (κ2) is 6.86. The van der Waals surface area contributed by atoms with Gasteiger partial charge in [-0.05, 0) is 32.9 Å². The molecule has 1 saturated heterocycles. The number of piperidine rings is 1. The van der Waals surface area contributed by atoms with Gasteiger partial charge in [0.05, 0.1) is 0 Å². The van der Waals surface area contributed by atoms with Crippen molar-refractivity contribution < 1.29 is 4.79 Å². The molecule has 2 atom stereocenters. The highest BCUT2D eigenvalue weighted by molar-refractivity contribution is 5.75. The number of amides is 1. The fourth-order valence-corrected chi connectivity index (χ4v) is 2.39. The van der Waals surface area contributed by atoms with Crippen LogP contribution in [0.25, 0.3) is 0 Å². The van der Waals surface area contributed by atoms with E-state index < -0.39 is 0 Å². The Labute approximate surface area is 98.8 Å². The summed E-state index contributed by atoms with van der Waals surface area (Å²) in [5, 5.41) is 6.11. The molecule has 0 bridgehead atoms. The van der Waals surface area contributed by atoms with E-state index in [4.69, 9.17) is 0 Å². The maximum absolute atomic E-state index is 11.1. The van der Waals surface area contributed by atoms with E-state index in [1.54, 1.807) is 7.05 Å². The summed E-state index contributed by atoms with van der Waals surface area (Å²) in [6.07, 6.45) is 2.98. The maximum Gasteiger partial charge on any atom is 0.221 e. The molecule has 1 rings (SSSR count). The molecule has 0 aromatic carbocycles. The normalized spacial score (nSPS) is 26.7. The molecule has 1 heterocycles. The molecule has 0 aromatic rings. The van der Waals surface area contributed by atoms with Crippen molar-refractivity contribution in [3.05, 3.63) is 0 Å². The summed E-state index contributed by atoms with van der Waals surface area (Å²) >= 11 is 0. The smallest absolute Gasteiger partial charge is 0.221 e. The molecule has 0 radical (unpaired) electrons. The predicted molar refractivity (Wildman–Crippen MR) is 66.4 cm³/mol. The van der Waals surface area contributed by atoms with Crippen LogP contribution in [0, 0.1) is 0 Å². The third kappa shape index (κ3) is 4.10. The molecule has 94 valence electrons. The first-order chi connectivity index (χ1) is 7.67. The zero-order valence-corrected chi connectivity index (χ0v) is 10.8. The lowest BCUT2D eigenvalue weighted by Gasteiger charge is -2.37.